The molecule has 2 rings (SSSR count). The minimum atomic E-state index is -0.940. The van der Waals surface area contributed by atoms with Crippen molar-refractivity contribution in [3.05, 3.63) is 53.1 Å². The fourth-order valence-corrected chi connectivity index (χ4v) is 2.46. The molecule has 0 aromatic heterocycles. The van der Waals surface area contributed by atoms with Crippen LogP contribution < -0.4 is 14.8 Å². The maximum absolute atomic E-state index is 11.2. The van der Waals surface area contributed by atoms with Crippen LogP contribution in [0, 0.1) is 6.92 Å². The number of carboxylic acids is 1. The summed E-state index contributed by atoms with van der Waals surface area (Å²) in [6.07, 6.45) is 0. The molecule has 0 fully saturated rings. The van der Waals surface area contributed by atoms with E-state index in [4.69, 9.17) is 14.6 Å². The molecule has 0 heterocycles. The van der Waals surface area contributed by atoms with Gasteiger partial charge in [-0.3, -0.25) is 0 Å². The number of hydrogen-bond donors (Lipinski definition) is 3. The number of hydrogen-bond acceptors (Lipinski definition) is 5. The monoisotopic (exact) mass is 345 g/mol. The molecule has 0 bridgehead atoms. The Morgan fingerprint density at radius 1 is 1.16 bits per heavy atom. The smallest absolute Gasteiger partial charge is 0.336 e. The number of aromatic carboxylic acids is 1. The highest BCUT2D eigenvalue weighted by Crippen LogP contribution is 2.29. The average Bonchev–Trinajstić information content (AvgIpc) is 2.60. The van der Waals surface area contributed by atoms with Gasteiger partial charge in [0.2, 0.25) is 0 Å². The van der Waals surface area contributed by atoms with Crippen molar-refractivity contribution in [1.29, 1.82) is 0 Å². The van der Waals surface area contributed by atoms with Crippen molar-refractivity contribution in [3.8, 4) is 11.5 Å². The van der Waals surface area contributed by atoms with Crippen LogP contribution in [0.5, 0.6) is 11.5 Å². The summed E-state index contributed by atoms with van der Waals surface area (Å²) in [6.45, 7) is 4.84. The van der Waals surface area contributed by atoms with E-state index in [1.54, 1.807) is 25.1 Å². The van der Waals surface area contributed by atoms with E-state index in [0.29, 0.717) is 30.2 Å². The molecule has 0 radical (unpaired) electrons. The molecule has 0 aliphatic heterocycles. The lowest BCUT2D eigenvalue weighted by atomic mass is 10.1. The predicted octanol–water partition coefficient (Wildman–Crippen LogP) is 3.08. The Bertz CT molecular complexity index is 730. The molecule has 0 aliphatic carbocycles. The van der Waals surface area contributed by atoms with Crippen molar-refractivity contribution >= 4 is 11.7 Å². The first-order valence-electron chi connectivity index (χ1n) is 8.13. The Morgan fingerprint density at radius 2 is 1.96 bits per heavy atom. The van der Waals surface area contributed by atoms with Crippen LogP contribution in [0.1, 0.15) is 28.4 Å². The van der Waals surface area contributed by atoms with Crippen LogP contribution in [0.4, 0.5) is 5.69 Å². The molecule has 3 N–H and O–H groups in total. The van der Waals surface area contributed by atoms with E-state index in [2.05, 4.69) is 5.32 Å². The zero-order chi connectivity index (χ0) is 18.2. The predicted molar refractivity (Wildman–Crippen MR) is 95.7 cm³/mol. The number of ether oxygens (including phenoxy) is 2. The third-order valence-electron chi connectivity index (χ3n) is 3.70. The summed E-state index contributed by atoms with van der Waals surface area (Å²) < 4.78 is 11.0. The number of aliphatic hydroxyl groups excluding tert-OH is 1. The molecule has 2 aromatic rings. The van der Waals surface area contributed by atoms with Crippen LogP contribution in [0.15, 0.2) is 36.4 Å². The second-order valence-corrected chi connectivity index (χ2v) is 5.42. The second kappa shape index (κ2) is 8.94. The maximum atomic E-state index is 11.2. The van der Waals surface area contributed by atoms with E-state index in [9.17, 15) is 9.90 Å². The molecule has 0 amide bonds. The van der Waals surface area contributed by atoms with Crippen LogP contribution in [0.3, 0.4) is 0 Å². The van der Waals surface area contributed by atoms with Crippen molar-refractivity contribution in [1.82, 2.24) is 0 Å². The highest BCUT2D eigenvalue weighted by atomic mass is 16.5. The third kappa shape index (κ3) is 4.87. The lowest BCUT2D eigenvalue weighted by molar-refractivity contribution is 0.0696. The van der Waals surface area contributed by atoms with E-state index >= 15 is 0 Å². The first-order chi connectivity index (χ1) is 12.1. The number of aliphatic hydroxyl groups is 1. The number of nitrogens with one attached hydrogen (secondary N) is 1. The maximum Gasteiger partial charge on any atom is 0.336 e. The Morgan fingerprint density at radius 3 is 2.64 bits per heavy atom. The summed E-state index contributed by atoms with van der Waals surface area (Å²) in [7, 11) is 0. The molecule has 0 saturated carbocycles. The molecular formula is C19H23NO5. The van der Waals surface area contributed by atoms with E-state index in [0.717, 1.165) is 11.3 Å². The van der Waals surface area contributed by atoms with Gasteiger partial charge in [-0.25, -0.2) is 4.79 Å². The molecule has 134 valence electrons. The minimum Gasteiger partial charge on any atom is -0.490 e. The summed E-state index contributed by atoms with van der Waals surface area (Å²) in [4.78, 5) is 11.2. The van der Waals surface area contributed by atoms with Gasteiger partial charge in [-0.15, -0.1) is 0 Å². The third-order valence-corrected chi connectivity index (χ3v) is 3.70. The highest BCUT2D eigenvalue weighted by molar-refractivity contribution is 5.91. The van der Waals surface area contributed by atoms with E-state index in [-0.39, 0.29) is 18.8 Å². The zero-order valence-corrected chi connectivity index (χ0v) is 14.4. The number of benzene rings is 2. The van der Waals surface area contributed by atoms with E-state index in [1.807, 2.05) is 25.1 Å². The van der Waals surface area contributed by atoms with Gasteiger partial charge < -0.3 is 25.0 Å². The van der Waals surface area contributed by atoms with Crippen molar-refractivity contribution in [2.45, 2.75) is 20.4 Å². The van der Waals surface area contributed by atoms with Gasteiger partial charge in [0.05, 0.1) is 18.8 Å². The van der Waals surface area contributed by atoms with Crippen molar-refractivity contribution in [2.24, 2.45) is 0 Å². The summed E-state index contributed by atoms with van der Waals surface area (Å²) in [5.41, 5.74) is 2.73. The molecular weight excluding hydrogens is 322 g/mol. The van der Waals surface area contributed by atoms with E-state index in [1.165, 1.54) is 0 Å². The van der Waals surface area contributed by atoms with Gasteiger partial charge in [0, 0.05) is 12.2 Å². The van der Waals surface area contributed by atoms with Gasteiger partial charge in [-0.2, -0.15) is 0 Å². The molecule has 0 unspecified atom stereocenters. The second-order valence-electron chi connectivity index (χ2n) is 5.42. The molecule has 6 nitrogen and oxygen atoms in total. The fraction of sp³-hybridized carbons (Fsp3) is 0.316. The largest absolute Gasteiger partial charge is 0.490 e. The molecule has 6 heteroatoms. The molecule has 0 spiro atoms. The summed E-state index contributed by atoms with van der Waals surface area (Å²) in [6, 6.07) is 10.7. The van der Waals surface area contributed by atoms with Crippen molar-refractivity contribution in [3.63, 3.8) is 0 Å². The number of rotatable bonds is 9. The normalized spacial score (nSPS) is 10.4. The van der Waals surface area contributed by atoms with Crippen LogP contribution in [0.25, 0.3) is 0 Å². The molecule has 0 saturated heterocycles. The summed E-state index contributed by atoms with van der Waals surface area (Å²) in [5.74, 6) is 0.264. The Labute approximate surface area is 147 Å². The summed E-state index contributed by atoms with van der Waals surface area (Å²) in [5, 5.41) is 21.3. The van der Waals surface area contributed by atoms with Crippen LogP contribution in [0.2, 0.25) is 0 Å². The number of carbonyl (C=O) groups is 1. The molecule has 0 aliphatic rings. The van der Waals surface area contributed by atoms with E-state index < -0.39 is 5.97 Å². The van der Waals surface area contributed by atoms with Gasteiger partial charge >= 0.3 is 5.97 Å². The standard InChI is InChI=1S/C19H23NO5/c1-3-24-18-11-14(7-8-17(18)25-10-9-21)12-20-16-6-4-5-15(13(16)2)19(22)23/h4-8,11,20-21H,3,9-10,12H2,1-2H3,(H,22,23). The first kappa shape index (κ1) is 18.6. The van der Waals surface area contributed by atoms with Gasteiger partial charge in [0.1, 0.15) is 6.61 Å². The lowest BCUT2D eigenvalue weighted by Crippen LogP contribution is -2.07. The molecule has 0 atom stereocenters. The zero-order valence-electron chi connectivity index (χ0n) is 14.4. The van der Waals surface area contributed by atoms with Gasteiger partial charge in [-0.1, -0.05) is 12.1 Å². The number of anilines is 1. The quantitative estimate of drug-likeness (QED) is 0.647. The van der Waals surface area contributed by atoms with Crippen molar-refractivity contribution < 1.29 is 24.5 Å². The van der Waals surface area contributed by atoms with Crippen molar-refractivity contribution in [2.75, 3.05) is 25.1 Å². The Hall–Kier alpha value is -2.73. The van der Waals surface area contributed by atoms with Gasteiger partial charge in [0.15, 0.2) is 11.5 Å². The molecule has 25 heavy (non-hydrogen) atoms. The SMILES string of the molecule is CCOc1cc(CNc2cccc(C(=O)O)c2C)ccc1OCCO. The Balaban J connectivity index is 2.14. The Kier molecular flexibility index (Phi) is 6.65. The highest BCUT2D eigenvalue weighted by Gasteiger charge is 2.11. The molecule has 2 aromatic carbocycles. The number of carboxylic acid groups (broad SMARTS) is 1. The lowest BCUT2D eigenvalue weighted by Gasteiger charge is -2.15. The van der Waals surface area contributed by atoms with Crippen LogP contribution in [-0.4, -0.2) is 36.0 Å². The topological polar surface area (TPSA) is 88.0 Å². The van der Waals surface area contributed by atoms with Gasteiger partial charge in [0.25, 0.3) is 0 Å². The van der Waals surface area contributed by atoms with Crippen LogP contribution >= 0.6 is 0 Å². The van der Waals surface area contributed by atoms with Crippen LogP contribution in [-0.2, 0) is 6.54 Å². The fourth-order valence-electron chi connectivity index (χ4n) is 2.46. The summed E-state index contributed by atoms with van der Waals surface area (Å²) >= 11 is 0. The van der Waals surface area contributed by atoms with Gasteiger partial charge in [-0.05, 0) is 49.2 Å². The first-order valence-corrected chi connectivity index (χ1v) is 8.13. The average molecular weight is 345 g/mol. The minimum absolute atomic E-state index is 0.0614.